The highest BCUT2D eigenvalue weighted by Gasteiger charge is 2.06. The topological polar surface area (TPSA) is 48.2 Å². The first-order valence-corrected chi connectivity index (χ1v) is 8.95. The number of aromatic nitrogens is 2. The lowest BCUT2D eigenvalue weighted by Gasteiger charge is -2.06. The van der Waals surface area contributed by atoms with E-state index in [9.17, 15) is 0 Å². The van der Waals surface area contributed by atoms with Crippen molar-refractivity contribution in [2.45, 2.75) is 17.6 Å². The van der Waals surface area contributed by atoms with E-state index in [1.807, 2.05) is 54.6 Å². The summed E-state index contributed by atoms with van der Waals surface area (Å²) in [4.78, 5) is 8.72. The van der Waals surface area contributed by atoms with E-state index in [2.05, 4.69) is 22.1 Å². The summed E-state index contributed by atoms with van der Waals surface area (Å²) < 4.78 is 11.5. The van der Waals surface area contributed by atoms with Gasteiger partial charge in [0.15, 0.2) is 5.58 Å². The van der Waals surface area contributed by atoms with Crippen molar-refractivity contribution >= 4 is 22.9 Å². The first-order valence-electron chi connectivity index (χ1n) is 7.97. The molecule has 0 fully saturated rings. The van der Waals surface area contributed by atoms with E-state index < -0.39 is 0 Å². The largest absolute Gasteiger partial charge is 0.487 e. The van der Waals surface area contributed by atoms with E-state index in [-0.39, 0.29) is 0 Å². The number of hydrogen-bond donors (Lipinski definition) is 0. The number of rotatable bonds is 6. The average molecular weight is 348 g/mol. The summed E-state index contributed by atoms with van der Waals surface area (Å²) in [7, 11) is 0. The van der Waals surface area contributed by atoms with Crippen LogP contribution in [-0.2, 0) is 12.4 Å². The van der Waals surface area contributed by atoms with Crippen molar-refractivity contribution in [3.8, 4) is 5.75 Å². The minimum Gasteiger partial charge on any atom is -0.487 e. The maximum Gasteiger partial charge on any atom is 0.257 e. The van der Waals surface area contributed by atoms with Crippen molar-refractivity contribution in [1.82, 2.24) is 9.97 Å². The van der Waals surface area contributed by atoms with Crippen molar-refractivity contribution in [3.63, 3.8) is 0 Å². The summed E-state index contributed by atoms with van der Waals surface area (Å²) in [5.41, 5.74) is 3.82. The molecule has 4 rings (SSSR count). The van der Waals surface area contributed by atoms with E-state index >= 15 is 0 Å². The molecule has 25 heavy (non-hydrogen) atoms. The number of thioether (sulfide) groups is 1. The highest BCUT2D eigenvalue weighted by molar-refractivity contribution is 7.98. The monoisotopic (exact) mass is 348 g/mol. The van der Waals surface area contributed by atoms with Crippen molar-refractivity contribution in [1.29, 1.82) is 0 Å². The fourth-order valence-electron chi connectivity index (χ4n) is 2.38. The Balaban J connectivity index is 1.34. The Kier molecular flexibility index (Phi) is 4.65. The molecule has 2 aromatic heterocycles. The Morgan fingerprint density at radius 3 is 2.56 bits per heavy atom. The van der Waals surface area contributed by atoms with Gasteiger partial charge in [0.05, 0.1) is 5.69 Å². The second-order valence-corrected chi connectivity index (χ2v) is 6.42. The molecule has 0 aliphatic carbocycles. The second kappa shape index (κ2) is 7.40. The fourth-order valence-corrected chi connectivity index (χ4v) is 3.17. The smallest absolute Gasteiger partial charge is 0.257 e. The molecule has 0 atom stereocenters. The lowest BCUT2D eigenvalue weighted by molar-refractivity contribution is 0.301. The lowest BCUT2D eigenvalue weighted by atomic mass is 10.2. The molecule has 0 amide bonds. The Hall–Kier alpha value is -2.79. The molecule has 0 saturated carbocycles. The predicted molar refractivity (Wildman–Crippen MR) is 98.6 cm³/mol. The van der Waals surface area contributed by atoms with Gasteiger partial charge >= 0.3 is 0 Å². The molecular weight excluding hydrogens is 332 g/mol. The summed E-state index contributed by atoms with van der Waals surface area (Å²) in [6.07, 6.45) is 1.77. The fraction of sp³-hybridized carbons (Fsp3) is 0.100. The summed E-state index contributed by atoms with van der Waals surface area (Å²) in [6.45, 7) is 0.470. The molecular formula is C20H16N2O2S. The average Bonchev–Trinajstić information content (AvgIpc) is 3.09. The molecule has 2 heterocycles. The minimum absolute atomic E-state index is 0.470. The lowest BCUT2D eigenvalue weighted by Crippen LogP contribution is -1.97. The number of pyridine rings is 1. The minimum atomic E-state index is 0.470. The van der Waals surface area contributed by atoms with Gasteiger partial charge < -0.3 is 9.15 Å². The van der Waals surface area contributed by atoms with Crippen LogP contribution in [0.4, 0.5) is 0 Å². The van der Waals surface area contributed by atoms with Crippen LogP contribution in [0.5, 0.6) is 5.75 Å². The molecule has 0 N–H and O–H groups in total. The Labute approximate surface area is 149 Å². The number of fused-ring (bicyclic) bond motifs is 1. The van der Waals surface area contributed by atoms with E-state index in [0.717, 1.165) is 28.3 Å². The number of nitrogens with zero attached hydrogens (tertiary/aromatic N) is 2. The molecule has 124 valence electrons. The van der Waals surface area contributed by atoms with Gasteiger partial charge in [0.2, 0.25) is 0 Å². The van der Waals surface area contributed by atoms with E-state index in [4.69, 9.17) is 9.15 Å². The van der Waals surface area contributed by atoms with Crippen molar-refractivity contribution in [2.24, 2.45) is 0 Å². The maximum absolute atomic E-state index is 5.75. The molecule has 0 aliphatic rings. The molecule has 2 aromatic carbocycles. The third-order valence-corrected chi connectivity index (χ3v) is 4.57. The highest BCUT2D eigenvalue weighted by atomic mass is 32.2. The van der Waals surface area contributed by atoms with Gasteiger partial charge in [-0.1, -0.05) is 42.1 Å². The summed E-state index contributed by atoms with van der Waals surface area (Å²) in [5.74, 6) is 1.63. The van der Waals surface area contributed by atoms with Crippen LogP contribution in [0.3, 0.4) is 0 Å². The normalized spacial score (nSPS) is 10.9. The van der Waals surface area contributed by atoms with Crippen LogP contribution in [0.25, 0.3) is 11.1 Å². The molecule has 0 spiro atoms. The molecule has 4 nitrogen and oxygen atoms in total. The van der Waals surface area contributed by atoms with Gasteiger partial charge in [0, 0.05) is 11.9 Å². The van der Waals surface area contributed by atoms with Gasteiger partial charge in [-0.2, -0.15) is 0 Å². The van der Waals surface area contributed by atoms with Crippen molar-refractivity contribution < 1.29 is 9.15 Å². The molecule has 5 heteroatoms. The van der Waals surface area contributed by atoms with Crippen LogP contribution in [0.2, 0.25) is 0 Å². The van der Waals surface area contributed by atoms with Crippen LogP contribution >= 0.6 is 11.8 Å². The zero-order valence-corrected chi connectivity index (χ0v) is 14.3. The first-order chi connectivity index (χ1) is 12.4. The van der Waals surface area contributed by atoms with Gasteiger partial charge in [-0.15, -0.1) is 0 Å². The summed E-state index contributed by atoms with van der Waals surface area (Å²) in [6, 6.07) is 21.7. The van der Waals surface area contributed by atoms with Crippen LogP contribution in [-0.4, -0.2) is 9.97 Å². The van der Waals surface area contributed by atoms with Crippen LogP contribution in [0.1, 0.15) is 11.3 Å². The highest BCUT2D eigenvalue weighted by Crippen LogP contribution is 2.26. The Bertz CT molecular complexity index is 919. The molecule has 0 unspecified atom stereocenters. The predicted octanol–water partition coefficient (Wildman–Crippen LogP) is 5.09. The van der Waals surface area contributed by atoms with Gasteiger partial charge in [-0.3, -0.25) is 4.98 Å². The Morgan fingerprint density at radius 1 is 0.920 bits per heavy atom. The van der Waals surface area contributed by atoms with Crippen molar-refractivity contribution in [2.75, 3.05) is 0 Å². The quantitative estimate of drug-likeness (QED) is 0.454. The number of ether oxygens (including phenoxy) is 1. The van der Waals surface area contributed by atoms with Gasteiger partial charge in [-0.05, 0) is 42.0 Å². The first kappa shape index (κ1) is 15.7. The van der Waals surface area contributed by atoms with Crippen LogP contribution in [0, 0.1) is 0 Å². The third kappa shape index (κ3) is 4.00. The zero-order chi connectivity index (χ0) is 16.9. The summed E-state index contributed by atoms with van der Waals surface area (Å²) in [5, 5.41) is 0.691. The molecule has 0 bridgehead atoms. The van der Waals surface area contributed by atoms with E-state index in [1.165, 1.54) is 5.56 Å². The number of hydrogen-bond acceptors (Lipinski definition) is 5. The summed E-state index contributed by atoms with van der Waals surface area (Å²) >= 11 is 1.59. The molecule has 4 aromatic rings. The zero-order valence-electron chi connectivity index (χ0n) is 13.5. The van der Waals surface area contributed by atoms with Crippen LogP contribution in [0.15, 0.2) is 82.6 Å². The van der Waals surface area contributed by atoms with Gasteiger partial charge in [0.1, 0.15) is 17.9 Å². The van der Waals surface area contributed by atoms with Crippen molar-refractivity contribution in [3.05, 3.63) is 84.2 Å². The second-order valence-electron chi connectivity index (χ2n) is 5.49. The standard InChI is InChI=1S/C20H16N2O2S/c1-2-7-19-18(6-1)22-20(24-19)25-14-15-8-10-17(11-9-15)23-13-16-5-3-4-12-21-16/h1-12H,13-14H2. The third-order valence-electron chi connectivity index (χ3n) is 3.67. The van der Waals surface area contributed by atoms with Gasteiger partial charge in [0.25, 0.3) is 5.22 Å². The SMILES string of the molecule is c1ccc(COc2ccc(CSc3nc4ccccc4o3)cc2)nc1. The molecule has 0 aliphatic heterocycles. The van der Waals surface area contributed by atoms with Gasteiger partial charge in [-0.25, -0.2) is 4.98 Å². The number of benzene rings is 2. The van der Waals surface area contributed by atoms with E-state index in [1.54, 1.807) is 18.0 Å². The van der Waals surface area contributed by atoms with Crippen LogP contribution < -0.4 is 4.74 Å². The van der Waals surface area contributed by atoms with E-state index in [0.29, 0.717) is 11.8 Å². The molecule has 0 saturated heterocycles. The maximum atomic E-state index is 5.75. The Morgan fingerprint density at radius 2 is 1.76 bits per heavy atom. The molecule has 0 radical (unpaired) electrons. The number of para-hydroxylation sites is 2. The number of oxazole rings is 1.